The van der Waals surface area contributed by atoms with Crippen molar-refractivity contribution >= 4 is 28.8 Å². The monoisotopic (exact) mass is 309 g/mol. The second-order valence-electron chi connectivity index (χ2n) is 4.41. The van der Waals surface area contributed by atoms with Crippen LogP contribution in [0.5, 0.6) is 5.75 Å². The van der Waals surface area contributed by atoms with Gasteiger partial charge in [-0.05, 0) is 48.4 Å². The van der Waals surface area contributed by atoms with Crippen molar-refractivity contribution < 1.29 is 9.13 Å². The number of hydrogen-bond donors (Lipinski definition) is 1. The topological polar surface area (TPSA) is 35.2 Å². The molecule has 0 spiro atoms. The highest BCUT2D eigenvalue weighted by atomic mass is 35.5. The fourth-order valence-electron chi connectivity index (χ4n) is 1.77. The first kappa shape index (κ1) is 14.8. The van der Waals surface area contributed by atoms with Crippen LogP contribution in [-0.4, -0.2) is 4.99 Å². The lowest BCUT2D eigenvalue weighted by molar-refractivity contribution is 0.303. The van der Waals surface area contributed by atoms with Crippen LogP contribution in [0.4, 0.5) is 4.39 Å². The van der Waals surface area contributed by atoms with E-state index in [0.29, 0.717) is 21.9 Å². The number of thiocarbonyl (C=S) groups is 1. The molecule has 0 radical (unpaired) electrons. The molecule has 2 aromatic rings. The van der Waals surface area contributed by atoms with E-state index in [9.17, 15) is 4.39 Å². The van der Waals surface area contributed by atoms with Crippen LogP contribution in [0.2, 0.25) is 5.02 Å². The van der Waals surface area contributed by atoms with Crippen LogP contribution in [0.25, 0.3) is 0 Å². The Morgan fingerprint density at radius 2 is 2.05 bits per heavy atom. The summed E-state index contributed by atoms with van der Waals surface area (Å²) in [4.78, 5) is 0.157. The maximum Gasteiger partial charge on any atom is 0.124 e. The average molecular weight is 310 g/mol. The molecule has 2 N–H and O–H groups in total. The summed E-state index contributed by atoms with van der Waals surface area (Å²) in [5.41, 5.74) is 7.61. The number of nitrogens with two attached hydrogens (primary N) is 1. The van der Waals surface area contributed by atoms with Crippen LogP contribution in [0.1, 0.15) is 16.7 Å². The fraction of sp³-hybridized carbons (Fsp3) is 0.133. The molecule has 0 amide bonds. The largest absolute Gasteiger partial charge is 0.489 e. The molecule has 0 aromatic heterocycles. The van der Waals surface area contributed by atoms with Gasteiger partial charge in [0.15, 0.2) is 0 Å². The third-order valence-corrected chi connectivity index (χ3v) is 3.26. The zero-order valence-electron chi connectivity index (χ0n) is 10.8. The minimum Gasteiger partial charge on any atom is -0.489 e. The third-order valence-electron chi connectivity index (χ3n) is 2.79. The molecule has 0 atom stereocenters. The molecule has 0 fully saturated rings. The lowest BCUT2D eigenvalue weighted by Gasteiger charge is -2.10. The molecule has 0 aliphatic carbocycles. The Hall–Kier alpha value is -1.65. The van der Waals surface area contributed by atoms with Crippen LogP contribution in [0, 0.1) is 12.7 Å². The Kier molecular flexibility index (Phi) is 4.57. The average Bonchev–Trinajstić information content (AvgIpc) is 2.39. The quantitative estimate of drug-likeness (QED) is 0.867. The molecule has 0 saturated carbocycles. The van der Waals surface area contributed by atoms with Gasteiger partial charge in [0.2, 0.25) is 0 Å². The second kappa shape index (κ2) is 6.20. The van der Waals surface area contributed by atoms with E-state index in [2.05, 4.69) is 0 Å². The standard InChI is InChI=1S/C15H13ClFNOS/c1-9-2-3-12(16)7-14(9)19-8-10-4-11(15(18)20)6-13(17)5-10/h2-7H,8H2,1H3,(H2,18,20). The van der Waals surface area contributed by atoms with Crippen molar-refractivity contribution in [1.82, 2.24) is 0 Å². The first-order valence-electron chi connectivity index (χ1n) is 5.94. The molecule has 20 heavy (non-hydrogen) atoms. The highest BCUT2D eigenvalue weighted by Gasteiger charge is 2.06. The summed E-state index contributed by atoms with van der Waals surface area (Å²) in [6.07, 6.45) is 0. The van der Waals surface area contributed by atoms with Crippen molar-refractivity contribution in [3.05, 3.63) is 63.9 Å². The molecule has 104 valence electrons. The first-order chi connectivity index (χ1) is 9.45. The van der Waals surface area contributed by atoms with Crippen molar-refractivity contribution in [3.63, 3.8) is 0 Å². The molecule has 5 heteroatoms. The number of benzene rings is 2. The maximum absolute atomic E-state index is 13.5. The van der Waals surface area contributed by atoms with Crippen molar-refractivity contribution in [2.24, 2.45) is 5.73 Å². The highest BCUT2D eigenvalue weighted by Crippen LogP contribution is 2.23. The van der Waals surface area contributed by atoms with Crippen molar-refractivity contribution in [3.8, 4) is 5.75 Å². The van der Waals surface area contributed by atoms with E-state index in [1.165, 1.54) is 12.1 Å². The Morgan fingerprint density at radius 1 is 1.30 bits per heavy atom. The van der Waals surface area contributed by atoms with Crippen molar-refractivity contribution in [2.75, 3.05) is 0 Å². The molecule has 0 aliphatic heterocycles. The Labute approximate surface area is 127 Å². The normalized spacial score (nSPS) is 10.3. The molecular formula is C15H13ClFNOS. The van der Waals surface area contributed by atoms with E-state index < -0.39 is 5.82 Å². The van der Waals surface area contributed by atoms with E-state index in [0.717, 1.165) is 5.56 Å². The molecule has 2 rings (SSSR count). The SMILES string of the molecule is Cc1ccc(Cl)cc1OCc1cc(F)cc(C(N)=S)c1. The van der Waals surface area contributed by atoms with Gasteiger partial charge < -0.3 is 10.5 Å². The van der Waals surface area contributed by atoms with Crippen LogP contribution in [0.15, 0.2) is 36.4 Å². The van der Waals surface area contributed by atoms with E-state index in [-0.39, 0.29) is 11.6 Å². The lowest BCUT2D eigenvalue weighted by atomic mass is 10.1. The van der Waals surface area contributed by atoms with Crippen molar-refractivity contribution in [1.29, 1.82) is 0 Å². The van der Waals surface area contributed by atoms with Gasteiger partial charge in [0, 0.05) is 10.6 Å². The summed E-state index contributed by atoms with van der Waals surface area (Å²) in [7, 11) is 0. The smallest absolute Gasteiger partial charge is 0.124 e. The van der Waals surface area contributed by atoms with Crippen LogP contribution in [0.3, 0.4) is 0 Å². The predicted octanol–water partition coefficient (Wildman–Crippen LogP) is 4.00. The third kappa shape index (κ3) is 3.68. The van der Waals surface area contributed by atoms with Gasteiger partial charge in [-0.1, -0.05) is 29.9 Å². The summed E-state index contributed by atoms with van der Waals surface area (Å²) < 4.78 is 19.1. The van der Waals surface area contributed by atoms with E-state index >= 15 is 0 Å². The lowest BCUT2D eigenvalue weighted by Crippen LogP contribution is -2.10. The Bertz CT molecular complexity index is 660. The van der Waals surface area contributed by atoms with Gasteiger partial charge in [-0.25, -0.2) is 4.39 Å². The zero-order chi connectivity index (χ0) is 14.7. The maximum atomic E-state index is 13.5. The molecule has 2 nitrogen and oxygen atoms in total. The fourth-order valence-corrected chi connectivity index (χ4v) is 2.05. The molecule has 0 unspecified atom stereocenters. The molecule has 0 heterocycles. The van der Waals surface area contributed by atoms with Gasteiger partial charge in [-0.15, -0.1) is 0 Å². The summed E-state index contributed by atoms with van der Waals surface area (Å²) in [6, 6.07) is 9.79. The van der Waals surface area contributed by atoms with Gasteiger partial charge in [-0.2, -0.15) is 0 Å². The highest BCUT2D eigenvalue weighted by molar-refractivity contribution is 7.80. The Balaban J connectivity index is 2.18. The van der Waals surface area contributed by atoms with Gasteiger partial charge in [0.1, 0.15) is 23.2 Å². The molecule has 0 aliphatic rings. The molecule has 0 bridgehead atoms. The van der Waals surface area contributed by atoms with Gasteiger partial charge in [-0.3, -0.25) is 0 Å². The van der Waals surface area contributed by atoms with Gasteiger partial charge in [0.05, 0.1) is 0 Å². The summed E-state index contributed by atoms with van der Waals surface area (Å²) in [6.45, 7) is 2.13. The van der Waals surface area contributed by atoms with Crippen LogP contribution < -0.4 is 10.5 Å². The molecule has 2 aromatic carbocycles. The Morgan fingerprint density at radius 3 is 2.75 bits per heavy atom. The number of rotatable bonds is 4. The predicted molar refractivity (Wildman–Crippen MR) is 82.8 cm³/mol. The van der Waals surface area contributed by atoms with Gasteiger partial charge in [0.25, 0.3) is 0 Å². The first-order valence-corrected chi connectivity index (χ1v) is 6.72. The second-order valence-corrected chi connectivity index (χ2v) is 5.29. The number of ether oxygens (including phenoxy) is 1. The molecule has 0 saturated heterocycles. The van der Waals surface area contributed by atoms with Gasteiger partial charge >= 0.3 is 0 Å². The number of halogens is 2. The number of aryl methyl sites for hydroxylation is 1. The number of hydrogen-bond acceptors (Lipinski definition) is 2. The zero-order valence-corrected chi connectivity index (χ0v) is 12.4. The molecular weight excluding hydrogens is 297 g/mol. The van der Waals surface area contributed by atoms with Crippen molar-refractivity contribution in [2.45, 2.75) is 13.5 Å². The van der Waals surface area contributed by atoms with Crippen LogP contribution >= 0.6 is 23.8 Å². The summed E-state index contributed by atoms with van der Waals surface area (Å²) in [5, 5.41) is 0.591. The van der Waals surface area contributed by atoms with E-state index in [1.54, 1.807) is 18.2 Å². The van der Waals surface area contributed by atoms with E-state index in [1.807, 2.05) is 13.0 Å². The van der Waals surface area contributed by atoms with Crippen LogP contribution in [-0.2, 0) is 6.61 Å². The minimum absolute atomic E-state index is 0.157. The summed E-state index contributed by atoms with van der Waals surface area (Å²) >= 11 is 10.8. The summed E-state index contributed by atoms with van der Waals surface area (Å²) in [5.74, 6) is 0.273. The minimum atomic E-state index is -0.392. The van der Waals surface area contributed by atoms with E-state index in [4.69, 9.17) is 34.3 Å².